The summed E-state index contributed by atoms with van der Waals surface area (Å²) in [6.45, 7) is 7.57. The third-order valence-corrected chi connectivity index (χ3v) is 6.05. The summed E-state index contributed by atoms with van der Waals surface area (Å²) in [5.41, 5.74) is 1.65. The van der Waals surface area contributed by atoms with E-state index < -0.39 is 0 Å². The van der Waals surface area contributed by atoms with E-state index in [1.165, 1.54) is 5.56 Å². The summed E-state index contributed by atoms with van der Waals surface area (Å²) in [6, 6.07) is 10.4. The van der Waals surface area contributed by atoms with Crippen LogP contribution in [-0.4, -0.2) is 63.4 Å². The van der Waals surface area contributed by atoms with E-state index in [-0.39, 0.29) is 29.2 Å². The van der Waals surface area contributed by atoms with E-state index >= 15 is 0 Å². The first-order valence-electron chi connectivity index (χ1n) is 10.2. The van der Waals surface area contributed by atoms with Crippen LogP contribution in [0.1, 0.15) is 29.9 Å². The number of benzene rings is 1. The van der Waals surface area contributed by atoms with Crippen molar-refractivity contribution in [2.24, 2.45) is 18.4 Å². The van der Waals surface area contributed by atoms with Gasteiger partial charge in [0.1, 0.15) is 5.69 Å². The number of hydrogen-bond donors (Lipinski definition) is 1. The summed E-state index contributed by atoms with van der Waals surface area (Å²) in [7, 11) is 1.83. The number of hydrogen-bond acceptors (Lipinski definition) is 4. The molecule has 7 nitrogen and oxygen atoms in total. The summed E-state index contributed by atoms with van der Waals surface area (Å²) in [5.74, 6) is -0.0208. The molecule has 7 heteroatoms. The fraction of sp³-hybridized carbons (Fsp3) is 0.500. The molecule has 4 rings (SSSR count). The minimum absolute atomic E-state index is 0.0137. The van der Waals surface area contributed by atoms with Crippen LogP contribution in [0.4, 0.5) is 0 Å². The molecule has 2 aliphatic rings. The van der Waals surface area contributed by atoms with Crippen LogP contribution in [0.2, 0.25) is 0 Å². The van der Waals surface area contributed by atoms with Gasteiger partial charge in [-0.2, -0.15) is 0 Å². The predicted octanol–water partition coefficient (Wildman–Crippen LogP) is 1.52. The van der Waals surface area contributed by atoms with Crippen molar-refractivity contribution >= 4 is 11.8 Å². The molecule has 1 spiro atoms. The Kier molecular flexibility index (Phi) is 5.17. The molecular weight excluding hydrogens is 366 g/mol. The lowest BCUT2D eigenvalue weighted by Crippen LogP contribution is -2.64. The molecule has 2 fully saturated rings. The second-order valence-electron chi connectivity index (χ2n) is 8.78. The molecule has 2 aliphatic heterocycles. The third kappa shape index (κ3) is 3.79. The van der Waals surface area contributed by atoms with Gasteiger partial charge in [0.05, 0.1) is 18.4 Å². The maximum absolute atomic E-state index is 13.0. The van der Waals surface area contributed by atoms with Gasteiger partial charge in [0.25, 0.3) is 5.91 Å². The van der Waals surface area contributed by atoms with Gasteiger partial charge >= 0.3 is 0 Å². The lowest BCUT2D eigenvalue weighted by atomic mass is 9.71. The molecule has 0 radical (unpaired) electrons. The quantitative estimate of drug-likeness (QED) is 0.833. The van der Waals surface area contributed by atoms with Crippen molar-refractivity contribution in [3.05, 3.63) is 54.1 Å². The second kappa shape index (κ2) is 7.63. The Morgan fingerprint density at radius 3 is 2.55 bits per heavy atom. The third-order valence-electron chi connectivity index (χ3n) is 6.05. The van der Waals surface area contributed by atoms with Crippen molar-refractivity contribution in [3.8, 4) is 0 Å². The van der Waals surface area contributed by atoms with Crippen LogP contribution in [0, 0.1) is 11.3 Å². The number of carbonyl (C=O) groups excluding carboxylic acids is 2. The summed E-state index contributed by atoms with van der Waals surface area (Å²) in [4.78, 5) is 34.0. The number of nitrogens with one attached hydrogen (secondary N) is 1. The van der Waals surface area contributed by atoms with Gasteiger partial charge in [-0.15, -0.1) is 0 Å². The number of aromatic nitrogens is 2. The summed E-state index contributed by atoms with van der Waals surface area (Å²) in [5, 5.41) is 3.09. The van der Waals surface area contributed by atoms with E-state index in [2.05, 4.69) is 27.3 Å². The van der Waals surface area contributed by atoms with Crippen molar-refractivity contribution in [1.29, 1.82) is 0 Å². The van der Waals surface area contributed by atoms with Crippen molar-refractivity contribution in [2.75, 3.05) is 26.2 Å². The van der Waals surface area contributed by atoms with Crippen LogP contribution >= 0.6 is 0 Å². The van der Waals surface area contributed by atoms with Gasteiger partial charge < -0.3 is 14.8 Å². The molecule has 1 unspecified atom stereocenters. The normalized spacial score (nSPS) is 20.8. The average molecular weight is 396 g/mol. The first kappa shape index (κ1) is 19.6. The highest BCUT2D eigenvalue weighted by atomic mass is 16.2. The molecule has 1 atom stereocenters. The number of likely N-dealkylation sites (tertiary alicyclic amines) is 2. The average Bonchev–Trinajstić information content (AvgIpc) is 3.24. The largest absolute Gasteiger partial charge is 0.354 e. The maximum Gasteiger partial charge on any atom is 0.272 e. The van der Waals surface area contributed by atoms with Crippen LogP contribution in [0.3, 0.4) is 0 Å². The number of rotatable bonds is 5. The molecular formula is C22H29N5O2. The SMILES string of the molecule is CC(C)NC(=O)C1CN(Cc2ccccc2)CC12CN(C(=O)c1cncn1C)C2. The molecule has 3 heterocycles. The van der Waals surface area contributed by atoms with E-state index in [9.17, 15) is 9.59 Å². The molecule has 0 aliphatic carbocycles. The van der Waals surface area contributed by atoms with Crippen LogP contribution in [0.25, 0.3) is 0 Å². The van der Waals surface area contributed by atoms with Gasteiger partial charge in [0, 0.05) is 51.2 Å². The molecule has 29 heavy (non-hydrogen) atoms. The minimum Gasteiger partial charge on any atom is -0.354 e. The monoisotopic (exact) mass is 395 g/mol. The predicted molar refractivity (Wildman–Crippen MR) is 110 cm³/mol. The topological polar surface area (TPSA) is 70.5 Å². The van der Waals surface area contributed by atoms with Gasteiger partial charge in [-0.1, -0.05) is 30.3 Å². The van der Waals surface area contributed by atoms with E-state index in [0.717, 1.165) is 19.6 Å². The van der Waals surface area contributed by atoms with E-state index in [1.54, 1.807) is 17.1 Å². The van der Waals surface area contributed by atoms with Gasteiger partial charge in [-0.25, -0.2) is 4.98 Å². The van der Waals surface area contributed by atoms with Crippen molar-refractivity contribution in [2.45, 2.75) is 26.4 Å². The number of carbonyl (C=O) groups is 2. The standard InChI is InChI=1S/C22H29N5O2/c1-16(2)24-20(28)18-11-26(10-17-7-5-4-6-8-17)12-22(18)13-27(14-22)21(29)19-9-23-15-25(19)3/h4-9,15-16,18H,10-14H2,1-3H3,(H,24,28). The molecule has 2 saturated heterocycles. The Morgan fingerprint density at radius 2 is 1.93 bits per heavy atom. The molecule has 1 aromatic carbocycles. The molecule has 154 valence electrons. The number of imidazole rings is 1. The number of amides is 2. The Labute approximate surface area is 171 Å². The smallest absolute Gasteiger partial charge is 0.272 e. The summed E-state index contributed by atoms with van der Waals surface area (Å²) < 4.78 is 1.74. The van der Waals surface area contributed by atoms with Gasteiger partial charge in [-0.05, 0) is 19.4 Å². The van der Waals surface area contributed by atoms with E-state index in [4.69, 9.17) is 0 Å². The Morgan fingerprint density at radius 1 is 1.21 bits per heavy atom. The first-order chi connectivity index (χ1) is 13.9. The van der Waals surface area contributed by atoms with Crippen molar-refractivity contribution in [3.63, 3.8) is 0 Å². The highest BCUT2D eigenvalue weighted by molar-refractivity contribution is 5.93. The Hall–Kier alpha value is -2.67. The molecule has 1 N–H and O–H groups in total. The molecule has 2 amide bonds. The zero-order valence-electron chi connectivity index (χ0n) is 17.3. The fourth-order valence-corrected chi connectivity index (χ4v) is 4.68. The lowest BCUT2D eigenvalue weighted by molar-refractivity contribution is -0.131. The summed E-state index contributed by atoms with van der Waals surface area (Å²) >= 11 is 0. The van der Waals surface area contributed by atoms with Gasteiger partial charge in [0.15, 0.2) is 0 Å². The molecule has 0 bridgehead atoms. The summed E-state index contributed by atoms with van der Waals surface area (Å²) in [6.07, 6.45) is 3.24. The van der Waals surface area contributed by atoms with E-state index in [0.29, 0.717) is 18.8 Å². The second-order valence-corrected chi connectivity index (χ2v) is 8.78. The highest BCUT2D eigenvalue weighted by Gasteiger charge is 2.57. The zero-order chi connectivity index (χ0) is 20.6. The number of nitrogens with zero attached hydrogens (tertiary/aromatic N) is 4. The fourth-order valence-electron chi connectivity index (χ4n) is 4.68. The minimum atomic E-state index is -0.179. The Balaban J connectivity index is 1.49. The molecule has 0 saturated carbocycles. The maximum atomic E-state index is 13.0. The zero-order valence-corrected chi connectivity index (χ0v) is 17.3. The van der Waals surface area contributed by atoms with Crippen molar-refractivity contribution < 1.29 is 9.59 Å². The van der Waals surface area contributed by atoms with Crippen LogP contribution in [-0.2, 0) is 18.4 Å². The van der Waals surface area contributed by atoms with Crippen LogP contribution in [0.5, 0.6) is 0 Å². The highest BCUT2D eigenvalue weighted by Crippen LogP contribution is 2.45. The van der Waals surface area contributed by atoms with Gasteiger partial charge in [-0.3, -0.25) is 14.5 Å². The van der Waals surface area contributed by atoms with Crippen molar-refractivity contribution in [1.82, 2.24) is 24.7 Å². The molecule has 2 aromatic rings. The van der Waals surface area contributed by atoms with Gasteiger partial charge in [0.2, 0.25) is 5.91 Å². The van der Waals surface area contributed by atoms with Crippen LogP contribution in [0.15, 0.2) is 42.9 Å². The molecule has 1 aromatic heterocycles. The Bertz CT molecular complexity index is 886. The number of aryl methyl sites for hydroxylation is 1. The lowest BCUT2D eigenvalue weighted by Gasteiger charge is -2.50. The van der Waals surface area contributed by atoms with E-state index in [1.807, 2.05) is 44.0 Å². The first-order valence-corrected chi connectivity index (χ1v) is 10.2. The van der Waals surface area contributed by atoms with Crippen LogP contribution < -0.4 is 5.32 Å².